The number of unbranched alkanes of at least 4 members (excludes halogenated alkanes) is 9. The molecule has 1 aromatic heterocycles. The second kappa shape index (κ2) is 12.3. The molecule has 8 nitrogen and oxygen atoms in total. The quantitative estimate of drug-likeness (QED) is 0.276. The van der Waals surface area contributed by atoms with Crippen LogP contribution in [0.1, 0.15) is 90.6 Å². The number of carbonyl (C=O) groups excluding carboxylic acids is 2. The minimum absolute atomic E-state index is 0.163. The Kier molecular flexibility index (Phi) is 9.41. The number of nitrogens with zero attached hydrogens (tertiary/aromatic N) is 4. The zero-order valence-corrected chi connectivity index (χ0v) is 21.1. The Hall–Kier alpha value is -2.52. The molecule has 0 spiro atoms. The van der Waals surface area contributed by atoms with Crippen molar-refractivity contribution in [1.29, 1.82) is 0 Å². The Morgan fingerprint density at radius 1 is 0.794 bits per heavy atom. The number of benzene rings is 1. The summed E-state index contributed by atoms with van der Waals surface area (Å²) in [4.78, 5) is 30.1. The molecule has 186 valence electrons. The Bertz CT molecular complexity index is 1040. The summed E-state index contributed by atoms with van der Waals surface area (Å²) >= 11 is 0. The number of fused-ring (bicyclic) bond motifs is 1. The van der Waals surface area contributed by atoms with Gasteiger partial charge in [-0.15, -0.1) is 0 Å². The molecule has 0 radical (unpaired) electrons. The van der Waals surface area contributed by atoms with Gasteiger partial charge in [0, 0.05) is 26.8 Å². The van der Waals surface area contributed by atoms with E-state index < -0.39 is 10.2 Å². The Morgan fingerprint density at radius 2 is 1.29 bits per heavy atom. The van der Waals surface area contributed by atoms with Crippen LogP contribution in [0.15, 0.2) is 36.8 Å². The molecule has 9 heteroatoms. The van der Waals surface area contributed by atoms with E-state index in [1.54, 1.807) is 30.5 Å². The van der Waals surface area contributed by atoms with E-state index >= 15 is 0 Å². The van der Waals surface area contributed by atoms with Crippen LogP contribution in [0.3, 0.4) is 0 Å². The summed E-state index contributed by atoms with van der Waals surface area (Å²) in [6.45, 7) is 0.501. The third-order valence-corrected chi connectivity index (χ3v) is 8.08. The molecule has 1 aliphatic heterocycles. The van der Waals surface area contributed by atoms with Crippen molar-refractivity contribution in [3.05, 3.63) is 53.6 Å². The minimum Gasteiger partial charge on any atom is -0.274 e. The van der Waals surface area contributed by atoms with Crippen molar-refractivity contribution in [2.75, 3.05) is 20.6 Å². The van der Waals surface area contributed by atoms with Gasteiger partial charge in [-0.25, -0.2) is 8.96 Å². The highest BCUT2D eigenvalue weighted by atomic mass is 32.2. The average Bonchev–Trinajstić information content (AvgIpc) is 3.39. The van der Waals surface area contributed by atoms with Gasteiger partial charge in [-0.05, 0) is 31.4 Å². The van der Waals surface area contributed by atoms with Crippen LogP contribution in [0.2, 0.25) is 0 Å². The van der Waals surface area contributed by atoms with E-state index in [-0.39, 0.29) is 11.8 Å². The maximum Gasteiger partial charge on any atom is 0.308 e. The summed E-state index contributed by atoms with van der Waals surface area (Å²) in [5.74, 6) is -0.325. The lowest BCUT2D eigenvalue weighted by Crippen LogP contribution is -2.30. The van der Waals surface area contributed by atoms with Gasteiger partial charge < -0.3 is 0 Å². The van der Waals surface area contributed by atoms with Crippen molar-refractivity contribution in [1.82, 2.24) is 18.2 Å². The molecule has 0 atom stereocenters. The van der Waals surface area contributed by atoms with Crippen LogP contribution in [0.5, 0.6) is 0 Å². The Labute approximate surface area is 203 Å². The van der Waals surface area contributed by atoms with Crippen LogP contribution < -0.4 is 0 Å². The zero-order valence-electron chi connectivity index (χ0n) is 20.3. The molecule has 0 aliphatic carbocycles. The van der Waals surface area contributed by atoms with E-state index in [1.165, 1.54) is 59.3 Å². The van der Waals surface area contributed by atoms with E-state index in [0.717, 1.165) is 44.2 Å². The highest BCUT2D eigenvalue weighted by molar-refractivity contribution is 7.87. The van der Waals surface area contributed by atoms with Crippen molar-refractivity contribution >= 4 is 22.0 Å². The van der Waals surface area contributed by atoms with Gasteiger partial charge in [0.05, 0.1) is 16.8 Å². The maximum atomic E-state index is 12.3. The molecule has 0 saturated carbocycles. The Balaban J connectivity index is 1.19. The number of rotatable bonds is 15. The van der Waals surface area contributed by atoms with Crippen molar-refractivity contribution in [3.63, 3.8) is 0 Å². The average molecular weight is 489 g/mol. The van der Waals surface area contributed by atoms with Gasteiger partial charge in [-0.2, -0.15) is 12.7 Å². The van der Waals surface area contributed by atoms with Crippen LogP contribution >= 0.6 is 0 Å². The lowest BCUT2D eigenvalue weighted by atomic mass is 10.1. The molecular weight excluding hydrogens is 452 g/mol. The molecule has 2 aromatic rings. The molecule has 2 amide bonds. The fourth-order valence-electron chi connectivity index (χ4n) is 4.30. The van der Waals surface area contributed by atoms with Crippen LogP contribution in [-0.2, 0) is 16.6 Å². The molecule has 3 rings (SSSR count). The molecule has 0 bridgehead atoms. The number of hydrogen-bond donors (Lipinski definition) is 0. The largest absolute Gasteiger partial charge is 0.308 e. The van der Waals surface area contributed by atoms with E-state index in [2.05, 4.69) is 4.98 Å². The van der Waals surface area contributed by atoms with Gasteiger partial charge in [-0.3, -0.25) is 14.5 Å². The first kappa shape index (κ1) is 26.1. The second-order valence-electron chi connectivity index (χ2n) is 9.06. The van der Waals surface area contributed by atoms with E-state index in [9.17, 15) is 18.0 Å². The second-order valence-corrected chi connectivity index (χ2v) is 11.1. The minimum atomic E-state index is -3.50. The molecular formula is C25H36N4O4S. The molecule has 1 aromatic carbocycles. The van der Waals surface area contributed by atoms with Crippen molar-refractivity contribution < 1.29 is 18.0 Å². The van der Waals surface area contributed by atoms with Gasteiger partial charge in [0.2, 0.25) is 0 Å². The number of amides is 2. The van der Waals surface area contributed by atoms with E-state index in [0.29, 0.717) is 24.1 Å². The van der Waals surface area contributed by atoms with Crippen molar-refractivity contribution in [2.24, 2.45) is 0 Å². The molecule has 0 N–H and O–H groups in total. The van der Waals surface area contributed by atoms with Gasteiger partial charge >= 0.3 is 10.2 Å². The predicted octanol–water partition coefficient (Wildman–Crippen LogP) is 4.28. The third kappa shape index (κ3) is 6.33. The lowest BCUT2D eigenvalue weighted by molar-refractivity contribution is 0.0651. The number of imide groups is 1. The highest BCUT2D eigenvalue weighted by Crippen LogP contribution is 2.23. The van der Waals surface area contributed by atoms with Crippen LogP contribution in [0, 0.1) is 0 Å². The number of carbonyl (C=O) groups is 2. The summed E-state index contributed by atoms with van der Waals surface area (Å²) in [5.41, 5.74) is 1.78. The number of imidazole rings is 1. The fraction of sp³-hybridized carbons (Fsp3) is 0.560. The Morgan fingerprint density at radius 3 is 1.82 bits per heavy atom. The fourth-order valence-corrected chi connectivity index (χ4v) is 5.26. The molecule has 0 unspecified atom stereocenters. The summed E-state index contributed by atoms with van der Waals surface area (Å²) in [7, 11) is -0.457. The molecule has 0 fully saturated rings. The smallest absolute Gasteiger partial charge is 0.274 e. The van der Waals surface area contributed by atoms with Gasteiger partial charge in [0.15, 0.2) is 0 Å². The summed E-state index contributed by atoms with van der Waals surface area (Å²) in [5, 5.41) is 0. The highest BCUT2D eigenvalue weighted by Gasteiger charge is 2.34. The number of hydrogen-bond acceptors (Lipinski definition) is 5. The summed E-state index contributed by atoms with van der Waals surface area (Å²) < 4.78 is 27.0. The maximum absolute atomic E-state index is 12.3. The first-order valence-electron chi connectivity index (χ1n) is 12.2. The van der Waals surface area contributed by atoms with Crippen LogP contribution in [0.25, 0.3) is 0 Å². The number of aromatic nitrogens is 2. The van der Waals surface area contributed by atoms with E-state index in [1.807, 2.05) is 0 Å². The van der Waals surface area contributed by atoms with Crippen LogP contribution in [-0.4, -0.2) is 59.0 Å². The third-order valence-electron chi connectivity index (χ3n) is 6.33. The topological polar surface area (TPSA) is 92.6 Å². The molecule has 34 heavy (non-hydrogen) atoms. The van der Waals surface area contributed by atoms with Crippen molar-refractivity contribution in [2.45, 2.75) is 70.6 Å². The SMILES string of the molecule is CN(C)S(=O)(=O)n1cncc1CCCCCCCCCCCCN1C(=O)c2ccccc2C1=O. The number of aryl methyl sites for hydroxylation is 1. The molecule has 1 aliphatic rings. The first-order chi connectivity index (χ1) is 16.3. The first-order valence-corrected chi connectivity index (χ1v) is 13.6. The van der Waals surface area contributed by atoms with Gasteiger partial charge in [0.25, 0.3) is 11.8 Å². The monoisotopic (exact) mass is 488 g/mol. The zero-order chi connectivity index (χ0) is 24.6. The lowest BCUT2D eigenvalue weighted by Gasteiger charge is -2.14. The predicted molar refractivity (Wildman–Crippen MR) is 132 cm³/mol. The molecule has 0 saturated heterocycles. The van der Waals surface area contributed by atoms with Crippen LogP contribution in [0.4, 0.5) is 0 Å². The van der Waals surface area contributed by atoms with Crippen molar-refractivity contribution in [3.8, 4) is 0 Å². The molecule has 2 heterocycles. The van der Waals surface area contributed by atoms with Gasteiger partial charge in [-0.1, -0.05) is 63.5 Å². The standard InChI is InChI=1S/C25H36N4O4S/c1-27(2)34(32,33)29-20-26-19-21(29)15-11-9-7-5-3-4-6-8-10-14-18-28-24(30)22-16-12-13-17-23(22)25(28)31/h12-13,16-17,19-20H,3-11,14-15,18H2,1-2H3. The van der Waals surface area contributed by atoms with Gasteiger partial charge in [0.1, 0.15) is 6.33 Å². The normalized spacial score (nSPS) is 13.8. The summed E-state index contributed by atoms with van der Waals surface area (Å²) in [6, 6.07) is 7.03. The van der Waals surface area contributed by atoms with E-state index in [4.69, 9.17) is 0 Å². The summed E-state index contributed by atoms with van der Waals surface area (Å²) in [6.07, 6.45) is 14.6.